The van der Waals surface area contributed by atoms with Gasteiger partial charge in [0, 0.05) is 25.4 Å². The first kappa shape index (κ1) is 12.8. The maximum Gasteiger partial charge on any atom is 0.0801 e. The molecule has 0 saturated heterocycles. The zero-order valence-corrected chi connectivity index (χ0v) is 11.2. The van der Waals surface area contributed by atoms with Gasteiger partial charge in [-0.15, -0.1) is 5.10 Å². The van der Waals surface area contributed by atoms with E-state index in [0.717, 1.165) is 36.3 Å². The highest BCUT2D eigenvalue weighted by atomic mass is 15.4. The fraction of sp³-hybridized carbons (Fsp3) is 0.583. The Morgan fingerprint density at radius 1 is 1.39 bits per heavy atom. The quantitative estimate of drug-likeness (QED) is 0.857. The minimum atomic E-state index is -0.213. The molecule has 2 aromatic rings. The Morgan fingerprint density at radius 2 is 2.17 bits per heavy atom. The van der Waals surface area contributed by atoms with Gasteiger partial charge in [0.1, 0.15) is 0 Å². The summed E-state index contributed by atoms with van der Waals surface area (Å²) in [4.78, 5) is 0. The molecule has 0 bridgehead atoms. The molecule has 2 N–H and O–H groups in total. The van der Waals surface area contributed by atoms with Crippen molar-refractivity contribution in [3.63, 3.8) is 0 Å². The lowest BCUT2D eigenvalue weighted by Crippen LogP contribution is -2.18. The third-order valence-corrected chi connectivity index (χ3v) is 3.01. The molecule has 0 saturated carbocycles. The molecule has 0 radical (unpaired) electrons. The Morgan fingerprint density at radius 3 is 2.83 bits per heavy atom. The van der Waals surface area contributed by atoms with E-state index in [9.17, 15) is 0 Å². The third kappa shape index (κ3) is 2.28. The molecule has 6 nitrogen and oxygen atoms in total. The second-order valence-electron chi connectivity index (χ2n) is 4.42. The minimum absolute atomic E-state index is 0.213. The Kier molecular flexibility index (Phi) is 3.76. The summed E-state index contributed by atoms with van der Waals surface area (Å²) in [5, 5.41) is 12.5. The van der Waals surface area contributed by atoms with Crippen LogP contribution < -0.4 is 5.73 Å². The van der Waals surface area contributed by atoms with Crippen molar-refractivity contribution in [3.05, 3.63) is 29.3 Å². The molecular formula is C12H20N6. The fourth-order valence-electron chi connectivity index (χ4n) is 2.14. The van der Waals surface area contributed by atoms with Crippen LogP contribution in [0.1, 0.15) is 43.3 Å². The summed E-state index contributed by atoms with van der Waals surface area (Å²) in [6.45, 7) is 5.03. The largest absolute Gasteiger partial charge is 0.319 e. The fourth-order valence-corrected chi connectivity index (χ4v) is 2.14. The van der Waals surface area contributed by atoms with E-state index < -0.39 is 0 Å². The predicted octanol–water partition coefficient (Wildman–Crippen LogP) is 1.03. The monoisotopic (exact) mass is 248 g/mol. The Bertz CT molecular complexity index is 512. The normalized spacial score (nSPS) is 12.9. The van der Waals surface area contributed by atoms with Gasteiger partial charge in [-0.25, -0.2) is 4.68 Å². The second-order valence-corrected chi connectivity index (χ2v) is 4.42. The summed E-state index contributed by atoms with van der Waals surface area (Å²) < 4.78 is 3.68. The van der Waals surface area contributed by atoms with E-state index in [1.54, 1.807) is 6.20 Å². The first-order chi connectivity index (χ1) is 8.67. The number of nitrogens with two attached hydrogens (primary N) is 1. The molecule has 0 aliphatic carbocycles. The molecular weight excluding hydrogens is 228 g/mol. The van der Waals surface area contributed by atoms with Gasteiger partial charge in [-0.3, -0.25) is 4.68 Å². The van der Waals surface area contributed by atoms with Crippen LogP contribution in [-0.4, -0.2) is 24.8 Å². The lowest BCUT2D eigenvalue weighted by molar-refractivity contribution is 0.543. The minimum Gasteiger partial charge on any atom is -0.319 e. The smallest absolute Gasteiger partial charge is 0.0801 e. The molecule has 0 aliphatic heterocycles. The molecule has 0 fully saturated rings. The van der Waals surface area contributed by atoms with Gasteiger partial charge in [0.25, 0.3) is 0 Å². The molecule has 98 valence electrons. The first-order valence-electron chi connectivity index (χ1n) is 6.33. The van der Waals surface area contributed by atoms with E-state index in [1.165, 1.54) is 0 Å². The van der Waals surface area contributed by atoms with Crippen LogP contribution in [0.15, 0.2) is 12.4 Å². The molecule has 2 heterocycles. The Hall–Kier alpha value is -1.69. The topological polar surface area (TPSA) is 74.6 Å². The van der Waals surface area contributed by atoms with Crippen LogP contribution in [0, 0.1) is 0 Å². The van der Waals surface area contributed by atoms with Gasteiger partial charge in [0.15, 0.2) is 0 Å². The van der Waals surface area contributed by atoms with Crippen LogP contribution >= 0.6 is 0 Å². The van der Waals surface area contributed by atoms with E-state index in [4.69, 9.17) is 5.73 Å². The molecule has 0 aromatic carbocycles. The number of aryl methyl sites for hydroxylation is 3. The maximum atomic E-state index is 6.33. The average Bonchev–Trinajstić information content (AvgIpc) is 2.95. The number of nitrogens with zero attached hydrogens (tertiary/aromatic N) is 5. The zero-order valence-electron chi connectivity index (χ0n) is 11.2. The summed E-state index contributed by atoms with van der Waals surface area (Å²) in [5.74, 6) is 0. The number of hydrogen-bond acceptors (Lipinski definition) is 4. The molecule has 0 amide bonds. The number of aromatic nitrogens is 5. The van der Waals surface area contributed by atoms with Gasteiger partial charge >= 0.3 is 0 Å². The third-order valence-electron chi connectivity index (χ3n) is 3.01. The van der Waals surface area contributed by atoms with E-state index in [-0.39, 0.29) is 6.04 Å². The summed E-state index contributed by atoms with van der Waals surface area (Å²) in [7, 11) is 1.91. The van der Waals surface area contributed by atoms with Gasteiger partial charge in [0.2, 0.25) is 0 Å². The van der Waals surface area contributed by atoms with Crippen LogP contribution in [0.2, 0.25) is 0 Å². The summed E-state index contributed by atoms with van der Waals surface area (Å²) in [5.41, 5.74) is 9.36. The number of rotatable bonds is 5. The summed E-state index contributed by atoms with van der Waals surface area (Å²) in [6.07, 6.45) is 5.61. The first-order valence-corrected chi connectivity index (χ1v) is 6.33. The average molecular weight is 248 g/mol. The Balaban J connectivity index is 2.34. The summed E-state index contributed by atoms with van der Waals surface area (Å²) >= 11 is 0. The maximum absolute atomic E-state index is 6.33. The lowest BCUT2D eigenvalue weighted by Gasteiger charge is -2.12. The van der Waals surface area contributed by atoms with Crippen LogP contribution in [0.25, 0.3) is 0 Å². The summed E-state index contributed by atoms with van der Waals surface area (Å²) in [6, 6.07) is -0.213. The predicted molar refractivity (Wildman–Crippen MR) is 68.9 cm³/mol. The van der Waals surface area contributed by atoms with Gasteiger partial charge < -0.3 is 5.73 Å². The van der Waals surface area contributed by atoms with Crippen molar-refractivity contribution < 1.29 is 0 Å². The van der Waals surface area contributed by atoms with Gasteiger partial charge in [-0.1, -0.05) is 19.1 Å². The van der Waals surface area contributed by atoms with Crippen LogP contribution in [0.5, 0.6) is 0 Å². The van der Waals surface area contributed by atoms with Crippen molar-refractivity contribution in [1.29, 1.82) is 0 Å². The van der Waals surface area contributed by atoms with E-state index in [1.807, 2.05) is 22.6 Å². The highest BCUT2D eigenvalue weighted by Crippen LogP contribution is 2.22. The molecule has 1 unspecified atom stereocenters. The molecule has 0 aliphatic rings. The van der Waals surface area contributed by atoms with E-state index in [2.05, 4.69) is 29.3 Å². The van der Waals surface area contributed by atoms with Gasteiger partial charge in [0.05, 0.1) is 23.6 Å². The van der Waals surface area contributed by atoms with E-state index >= 15 is 0 Å². The lowest BCUT2D eigenvalue weighted by atomic mass is 10.0. The van der Waals surface area contributed by atoms with Gasteiger partial charge in [-0.05, 0) is 12.8 Å². The van der Waals surface area contributed by atoms with E-state index in [0.29, 0.717) is 0 Å². The van der Waals surface area contributed by atoms with Crippen LogP contribution in [-0.2, 0) is 20.0 Å². The van der Waals surface area contributed by atoms with Crippen molar-refractivity contribution in [2.45, 2.75) is 39.3 Å². The zero-order chi connectivity index (χ0) is 13.1. The molecule has 0 spiro atoms. The Labute approximate surface area is 107 Å². The highest BCUT2D eigenvalue weighted by Gasteiger charge is 2.19. The van der Waals surface area contributed by atoms with Crippen molar-refractivity contribution in [2.75, 3.05) is 0 Å². The molecule has 1 atom stereocenters. The molecule has 2 aromatic heterocycles. The van der Waals surface area contributed by atoms with Crippen LogP contribution in [0.4, 0.5) is 0 Å². The van der Waals surface area contributed by atoms with Crippen molar-refractivity contribution in [3.8, 4) is 0 Å². The molecule has 2 rings (SSSR count). The standard InChI is InChI=1S/C12H20N6/c1-4-6-18-11(7-14-16-18)12(13)9-8-17(3)15-10(9)5-2/h7-8,12H,4-6,13H2,1-3H3. The van der Waals surface area contributed by atoms with Crippen molar-refractivity contribution in [2.24, 2.45) is 12.8 Å². The van der Waals surface area contributed by atoms with Crippen LogP contribution in [0.3, 0.4) is 0 Å². The second kappa shape index (κ2) is 5.30. The van der Waals surface area contributed by atoms with Crippen molar-refractivity contribution in [1.82, 2.24) is 24.8 Å². The van der Waals surface area contributed by atoms with Gasteiger partial charge in [-0.2, -0.15) is 5.10 Å². The van der Waals surface area contributed by atoms with Crippen molar-refractivity contribution >= 4 is 0 Å². The SMILES string of the molecule is CCCn1nncc1C(N)c1cn(C)nc1CC. The molecule has 6 heteroatoms. The number of hydrogen-bond donors (Lipinski definition) is 1. The highest BCUT2D eigenvalue weighted by molar-refractivity contribution is 5.28. The molecule has 18 heavy (non-hydrogen) atoms.